The quantitative estimate of drug-likeness (QED) is 0.183. The van der Waals surface area contributed by atoms with Crippen molar-refractivity contribution in [2.75, 3.05) is 32.7 Å². The van der Waals surface area contributed by atoms with Crippen LogP contribution >= 0.6 is 0 Å². The number of aliphatic hydroxyl groups excluding tert-OH is 2. The summed E-state index contributed by atoms with van der Waals surface area (Å²) < 4.78 is 57.6. The molecule has 0 saturated carbocycles. The lowest BCUT2D eigenvalue weighted by Gasteiger charge is -2.38. The van der Waals surface area contributed by atoms with Crippen molar-refractivity contribution < 1.29 is 42.3 Å². The lowest BCUT2D eigenvalue weighted by Crippen LogP contribution is -2.40. The van der Waals surface area contributed by atoms with E-state index < -0.39 is 46.8 Å². The molecule has 10 heteroatoms. The molecule has 9 nitrogen and oxygen atoms in total. The summed E-state index contributed by atoms with van der Waals surface area (Å²) in [6.45, 7) is 15.0. The lowest BCUT2D eigenvalue weighted by atomic mass is 9.83. The van der Waals surface area contributed by atoms with E-state index in [1.165, 1.54) is 7.11 Å². The van der Waals surface area contributed by atoms with Gasteiger partial charge in [-0.15, -0.1) is 6.58 Å². The molecule has 46 heavy (non-hydrogen) atoms. The van der Waals surface area contributed by atoms with Gasteiger partial charge in [-0.2, -0.15) is 0 Å². The van der Waals surface area contributed by atoms with Gasteiger partial charge >= 0.3 is 0 Å². The molecule has 8 unspecified atom stereocenters. The molecule has 0 bridgehead atoms. The molecule has 0 spiro atoms. The maximum Gasteiger partial charge on any atom is 0.178 e. The summed E-state index contributed by atoms with van der Waals surface area (Å²) in [5.41, 5.74) is 2.04. The minimum absolute atomic E-state index is 0.0156. The lowest BCUT2D eigenvalue weighted by molar-refractivity contribution is -0.0785. The Morgan fingerprint density at radius 1 is 1.07 bits per heavy atom. The van der Waals surface area contributed by atoms with Crippen LogP contribution < -0.4 is 0 Å². The normalized spacial score (nSPS) is 32.7. The van der Waals surface area contributed by atoms with Gasteiger partial charge in [0.2, 0.25) is 0 Å². The molecule has 0 amide bonds. The van der Waals surface area contributed by atoms with Crippen molar-refractivity contribution in [3.05, 3.63) is 79.4 Å². The highest BCUT2D eigenvalue weighted by molar-refractivity contribution is 7.91. The van der Waals surface area contributed by atoms with Crippen molar-refractivity contribution in [1.29, 1.82) is 0 Å². The summed E-state index contributed by atoms with van der Waals surface area (Å²) in [6.07, 6.45) is 6.34. The fraction of sp³-hybridized carbons (Fsp3) is 0.611. The monoisotopic (exact) mass is 660 g/mol. The molecule has 4 rings (SSSR count). The van der Waals surface area contributed by atoms with Gasteiger partial charge in [-0.1, -0.05) is 56.5 Å². The van der Waals surface area contributed by atoms with Gasteiger partial charge in [0, 0.05) is 32.3 Å². The average Bonchev–Trinajstić information content (AvgIpc) is 3.55. The number of ether oxygens (including phenoxy) is 5. The molecular weight excluding hydrogens is 608 g/mol. The first kappa shape index (κ1) is 36.7. The van der Waals surface area contributed by atoms with Crippen LogP contribution in [0.2, 0.25) is 0 Å². The summed E-state index contributed by atoms with van der Waals surface area (Å²) in [4.78, 5) is 0.240. The average molecular weight is 661 g/mol. The first-order chi connectivity index (χ1) is 22.1. The van der Waals surface area contributed by atoms with Crippen LogP contribution in [0.3, 0.4) is 0 Å². The zero-order valence-electron chi connectivity index (χ0n) is 27.2. The number of hydrogen-bond acceptors (Lipinski definition) is 9. The van der Waals surface area contributed by atoms with Crippen LogP contribution in [-0.4, -0.2) is 100 Å². The van der Waals surface area contributed by atoms with Crippen molar-refractivity contribution in [1.82, 2.24) is 0 Å². The highest BCUT2D eigenvalue weighted by Gasteiger charge is 2.49. The Hall–Kier alpha value is -2.15. The largest absolute Gasteiger partial charge is 0.394 e. The number of sulfone groups is 1. The van der Waals surface area contributed by atoms with Crippen molar-refractivity contribution in [3.63, 3.8) is 0 Å². The predicted molar refractivity (Wildman–Crippen MR) is 177 cm³/mol. The Morgan fingerprint density at radius 3 is 2.52 bits per heavy atom. The summed E-state index contributed by atoms with van der Waals surface area (Å²) in [6, 6.07) is 8.37. The molecule has 1 aromatic carbocycles. The molecule has 0 aromatic heterocycles. The van der Waals surface area contributed by atoms with Gasteiger partial charge in [0.15, 0.2) is 9.84 Å². The van der Waals surface area contributed by atoms with E-state index in [2.05, 4.69) is 26.7 Å². The third kappa shape index (κ3) is 9.70. The zero-order chi connectivity index (χ0) is 33.3. The summed E-state index contributed by atoms with van der Waals surface area (Å²) in [5.74, 6) is -0.484. The molecule has 3 saturated heterocycles. The van der Waals surface area contributed by atoms with Crippen LogP contribution in [-0.2, 0) is 33.5 Å². The molecule has 256 valence electrons. The fourth-order valence-electron chi connectivity index (χ4n) is 6.90. The maximum atomic E-state index is 13.5. The second-order valence-corrected chi connectivity index (χ2v) is 14.8. The molecule has 3 heterocycles. The molecule has 1 aromatic rings. The topological polar surface area (TPSA) is 121 Å². The van der Waals surface area contributed by atoms with Crippen LogP contribution in [0.1, 0.15) is 45.4 Å². The zero-order valence-corrected chi connectivity index (χ0v) is 28.1. The minimum Gasteiger partial charge on any atom is -0.394 e. The van der Waals surface area contributed by atoms with Gasteiger partial charge in [-0.25, -0.2) is 8.42 Å². The second-order valence-electron chi connectivity index (χ2n) is 12.8. The van der Waals surface area contributed by atoms with Crippen molar-refractivity contribution >= 4 is 9.84 Å². The molecular formula is C36H52O9S. The number of methoxy groups -OCH3 is 1. The SMILES string of the molecule is C=CCOC/C=C/C1CC(=C)C(CCC2CC(C)C(=C)C(C[C@@H]3OC(CC(O)CO)[C@H](OC)C3CS(=O)(=O)c3ccccc3)O2)O1. The molecule has 2 N–H and O–H groups in total. The highest BCUT2D eigenvalue weighted by Crippen LogP contribution is 2.41. The predicted octanol–water partition coefficient (Wildman–Crippen LogP) is 4.59. The fourth-order valence-corrected chi connectivity index (χ4v) is 8.57. The summed E-state index contributed by atoms with van der Waals surface area (Å²) in [7, 11) is -2.14. The van der Waals surface area contributed by atoms with Crippen LogP contribution in [0.15, 0.2) is 84.3 Å². The van der Waals surface area contributed by atoms with E-state index in [-0.39, 0.29) is 47.4 Å². The van der Waals surface area contributed by atoms with E-state index in [1.807, 2.05) is 12.2 Å². The maximum absolute atomic E-state index is 13.5. The number of aliphatic hydroxyl groups is 2. The standard InChI is InChI=1S/C36H52O9S/c1-6-16-42-17-10-11-28-19-25(3)32(43-28)15-14-29-18-24(2)26(4)33(44-29)21-34-31(23-46(39,40)30-12-8-7-9-13-30)36(41-5)35(45-34)20-27(38)22-37/h6-13,24,27-29,31-38H,1,3-4,14-23H2,2,5H3/b11-10+/t24?,27?,28?,29?,31?,32?,33?,34-,35?,36+/m0/s1. The Labute approximate surface area is 274 Å². The van der Waals surface area contributed by atoms with Gasteiger partial charge in [-0.3, -0.25) is 0 Å². The van der Waals surface area contributed by atoms with Crippen LogP contribution in [0, 0.1) is 11.8 Å². The Balaban J connectivity index is 1.42. The van der Waals surface area contributed by atoms with E-state index >= 15 is 0 Å². The van der Waals surface area contributed by atoms with E-state index in [4.69, 9.17) is 23.7 Å². The summed E-state index contributed by atoms with van der Waals surface area (Å²) in [5, 5.41) is 19.7. The Bertz CT molecular complexity index is 1280. The van der Waals surface area contributed by atoms with Gasteiger partial charge in [-0.05, 0) is 48.5 Å². The molecule has 0 aliphatic carbocycles. The van der Waals surface area contributed by atoms with E-state index in [0.717, 1.165) is 36.8 Å². The van der Waals surface area contributed by atoms with E-state index in [0.29, 0.717) is 19.6 Å². The molecule has 3 fully saturated rings. The van der Waals surface area contributed by atoms with Gasteiger partial charge < -0.3 is 33.9 Å². The van der Waals surface area contributed by atoms with Crippen molar-refractivity contribution in [2.24, 2.45) is 11.8 Å². The van der Waals surface area contributed by atoms with Crippen LogP contribution in [0.4, 0.5) is 0 Å². The molecule has 3 aliphatic rings. The van der Waals surface area contributed by atoms with Gasteiger partial charge in [0.25, 0.3) is 0 Å². The highest BCUT2D eigenvalue weighted by atomic mass is 32.2. The Kier molecular flexibility index (Phi) is 13.8. The smallest absolute Gasteiger partial charge is 0.178 e. The number of hydrogen-bond donors (Lipinski definition) is 2. The molecule has 10 atom stereocenters. The molecule has 0 radical (unpaired) electrons. The van der Waals surface area contributed by atoms with Gasteiger partial charge in [0.1, 0.15) is 0 Å². The van der Waals surface area contributed by atoms with E-state index in [1.54, 1.807) is 36.4 Å². The van der Waals surface area contributed by atoms with E-state index in [9.17, 15) is 18.6 Å². The minimum atomic E-state index is -3.66. The summed E-state index contributed by atoms with van der Waals surface area (Å²) >= 11 is 0. The second kappa shape index (κ2) is 17.3. The number of benzene rings is 1. The van der Waals surface area contributed by atoms with Crippen LogP contribution in [0.5, 0.6) is 0 Å². The first-order valence-corrected chi connectivity index (χ1v) is 18.0. The number of rotatable bonds is 17. The molecule has 3 aliphatic heterocycles. The van der Waals surface area contributed by atoms with Crippen LogP contribution in [0.25, 0.3) is 0 Å². The Morgan fingerprint density at radius 2 is 1.83 bits per heavy atom. The first-order valence-electron chi connectivity index (χ1n) is 16.3. The van der Waals surface area contributed by atoms with Crippen molar-refractivity contribution in [3.8, 4) is 0 Å². The van der Waals surface area contributed by atoms with Crippen molar-refractivity contribution in [2.45, 2.75) is 99.2 Å². The third-order valence-electron chi connectivity index (χ3n) is 9.39. The van der Waals surface area contributed by atoms with Gasteiger partial charge in [0.05, 0.1) is 79.3 Å². The third-order valence-corrected chi connectivity index (χ3v) is 11.2.